The Bertz CT molecular complexity index is 789. The number of rotatable bonds is 6. The number of carbonyl (C=O) groups excluding carboxylic acids is 2. The van der Waals surface area contributed by atoms with Gasteiger partial charge in [-0.15, -0.1) is 0 Å². The number of hydrogen-bond acceptors (Lipinski definition) is 4. The molecule has 1 amide bonds. The quantitative estimate of drug-likeness (QED) is 0.858. The first kappa shape index (κ1) is 18.0. The fraction of sp³-hybridized carbons (Fsp3) is 0.333. The highest BCUT2D eigenvalue weighted by atomic mass is 16.4. The van der Waals surface area contributed by atoms with Gasteiger partial charge >= 0.3 is 0 Å². The van der Waals surface area contributed by atoms with Gasteiger partial charge in [-0.3, -0.25) is 4.79 Å². The molecule has 0 aliphatic carbocycles. The summed E-state index contributed by atoms with van der Waals surface area (Å²) >= 11 is 0. The second-order valence-electron chi connectivity index (χ2n) is 6.71. The predicted octanol–water partition coefficient (Wildman–Crippen LogP) is 1.61. The molecule has 5 nitrogen and oxygen atoms in total. The summed E-state index contributed by atoms with van der Waals surface area (Å²) < 4.78 is 0. The lowest BCUT2D eigenvalue weighted by atomic mass is 9.94. The van der Waals surface area contributed by atoms with Crippen molar-refractivity contribution >= 4 is 17.6 Å². The van der Waals surface area contributed by atoms with Crippen molar-refractivity contribution in [1.29, 1.82) is 0 Å². The van der Waals surface area contributed by atoms with E-state index in [0.717, 1.165) is 28.8 Å². The van der Waals surface area contributed by atoms with E-state index in [-0.39, 0.29) is 12.3 Å². The summed E-state index contributed by atoms with van der Waals surface area (Å²) in [6.07, 6.45) is 0.929. The van der Waals surface area contributed by atoms with E-state index in [2.05, 4.69) is 5.32 Å². The normalized spacial score (nSPS) is 16.7. The predicted molar refractivity (Wildman–Crippen MR) is 98.4 cm³/mol. The fourth-order valence-electron chi connectivity index (χ4n) is 3.48. The van der Waals surface area contributed by atoms with E-state index in [4.69, 9.17) is 0 Å². The van der Waals surface area contributed by atoms with Crippen LogP contribution in [-0.4, -0.2) is 30.4 Å². The van der Waals surface area contributed by atoms with Crippen LogP contribution in [0.1, 0.15) is 23.1 Å². The summed E-state index contributed by atoms with van der Waals surface area (Å²) in [5.41, 5.74) is 4.22. The molecule has 1 unspecified atom stereocenters. The van der Waals surface area contributed by atoms with E-state index in [1.54, 1.807) is 4.90 Å². The number of carbonyl (C=O) groups is 2. The van der Waals surface area contributed by atoms with E-state index in [1.807, 2.05) is 55.6 Å². The number of amides is 1. The van der Waals surface area contributed by atoms with Crippen LogP contribution in [0.25, 0.3) is 0 Å². The van der Waals surface area contributed by atoms with Crippen molar-refractivity contribution in [3.63, 3.8) is 0 Å². The van der Waals surface area contributed by atoms with Gasteiger partial charge in [-0.1, -0.05) is 36.4 Å². The smallest absolute Gasteiger partial charge is 0.226 e. The van der Waals surface area contributed by atoms with Gasteiger partial charge in [0.05, 0.1) is 0 Å². The summed E-state index contributed by atoms with van der Waals surface area (Å²) in [7, 11) is 1.84. The molecule has 26 heavy (non-hydrogen) atoms. The standard InChI is InChI=1S/C21H24N2O3/c1-22-19-8-7-16-14-23(10-9-15-5-3-2-4-6-15)21(26)18(13-20(24)25)11-17(16)12-19/h2-8,12,18,22H,9-11,13-14H2,1H3,(H,24,25)/p-1. The van der Waals surface area contributed by atoms with Gasteiger partial charge in [-0.05, 0) is 48.1 Å². The number of anilines is 1. The lowest BCUT2D eigenvalue weighted by Crippen LogP contribution is -2.38. The molecule has 0 radical (unpaired) electrons. The SMILES string of the molecule is CNc1ccc2c(c1)CC(CC(=O)[O-])C(=O)N(CCc1ccccc1)C2. The first-order chi connectivity index (χ1) is 12.6. The lowest BCUT2D eigenvalue weighted by Gasteiger charge is -2.25. The molecule has 2 aromatic rings. The zero-order valence-electron chi connectivity index (χ0n) is 14.9. The Hall–Kier alpha value is -2.82. The summed E-state index contributed by atoms with van der Waals surface area (Å²) in [5.74, 6) is -1.86. The Morgan fingerprint density at radius 2 is 1.96 bits per heavy atom. The highest BCUT2D eigenvalue weighted by Gasteiger charge is 2.29. The number of benzene rings is 2. The molecule has 0 saturated heterocycles. The van der Waals surface area contributed by atoms with Crippen molar-refractivity contribution in [2.45, 2.75) is 25.8 Å². The minimum atomic E-state index is -1.18. The van der Waals surface area contributed by atoms with Crippen LogP contribution in [-0.2, 0) is 29.0 Å². The van der Waals surface area contributed by atoms with E-state index in [9.17, 15) is 14.7 Å². The molecule has 0 spiro atoms. The average molecular weight is 351 g/mol. The zero-order chi connectivity index (χ0) is 18.5. The second kappa shape index (κ2) is 8.04. The second-order valence-corrected chi connectivity index (χ2v) is 6.71. The van der Waals surface area contributed by atoms with Gasteiger partial charge in [0.25, 0.3) is 0 Å². The van der Waals surface area contributed by atoms with Crippen molar-refractivity contribution in [1.82, 2.24) is 4.90 Å². The first-order valence-electron chi connectivity index (χ1n) is 8.89. The van der Waals surface area contributed by atoms with Gasteiger partial charge in [-0.2, -0.15) is 0 Å². The van der Waals surface area contributed by atoms with Gasteiger partial charge in [0, 0.05) is 37.7 Å². The largest absolute Gasteiger partial charge is 0.550 e. The Labute approximate surface area is 153 Å². The first-order valence-corrected chi connectivity index (χ1v) is 8.89. The maximum Gasteiger partial charge on any atom is 0.226 e. The summed E-state index contributed by atoms with van der Waals surface area (Å²) in [6, 6.07) is 16.0. The number of carboxylic acid groups (broad SMARTS) is 1. The Kier molecular flexibility index (Phi) is 5.56. The molecule has 0 aromatic heterocycles. The van der Waals surface area contributed by atoms with Crippen LogP contribution in [0.4, 0.5) is 5.69 Å². The topological polar surface area (TPSA) is 72.5 Å². The molecule has 0 saturated carbocycles. The minimum absolute atomic E-state index is 0.104. The van der Waals surface area contributed by atoms with Crippen LogP contribution in [0.3, 0.4) is 0 Å². The van der Waals surface area contributed by atoms with E-state index < -0.39 is 11.9 Å². The number of carboxylic acids is 1. The van der Waals surface area contributed by atoms with Crippen LogP contribution in [0.2, 0.25) is 0 Å². The monoisotopic (exact) mass is 351 g/mol. The molecule has 1 aliphatic rings. The Morgan fingerprint density at radius 3 is 2.65 bits per heavy atom. The summed E-state index contributed by atoms with van der Waals surface area (Å²) in [4.78, 5) is 25.9. The Balaban J connectivity index is 1.84. The molecule has 5 heteroatoms. The van der Waals surface area contributed by atoms with E-state index in [0.29, 0.717) is 19.5 Å². The maximum absolute atomic E-state index is 12.9. The molecular weight excluding hydrogens is 328 g/mol. The van der Waals surface area contributed by atoms with Gasteiger partial charge in [0.1, 0.15) is 0 Å². The van der Waals surface area contributed by atoms with Gasteiger partial charge in [-0.25, -0.2) is 0 Å². The maximum atomic E-state index is 12.9. The fourth-order valence-corrected chi connectivity index (χ4v) is 3.48. The molecular formula is C21H23N2O3-. The van der Waals surface area contributed by atoms with Crippen molar-refractivity contribution in [2.75, 3.05) is 18.9 Å². The van der Waals surface area contributed by atoms with Crippen LogP contribution >= 0.6 is 0 Å². The molecule has 3 rings (SSSR count). The molecule has 136 valence electrons. The molecule has 1 heterocycles. The third-order valence-electron chi connectivity index (χ3n) is 4.91. The highest BCUT2D eigenvalue weighted by molar-refractivity contribution is 5.84. The van der Waals surface area contributed by atoms with Crippen LogP contribution in [0.5, 0.6) is 0 Å². The van der Waals surface area contributed by atoms with Gasteiger partial charge in [0.2, 0.25) is 5.91 Å². The number of nitrogens with zero attached hydrogens (tertiary/aromatic N) is 1. The summed E-state index contributed by atoms with van der Waals surface area (Å²) in [6.45, 7) is 1.08. The third kappa shape index (κ3) is 4.23. The lowest BCUT2D eigenvalue weighted by molar-refractivity contribution is -0.306. The highest BCUT2D eigenvalue weighted by Crippen LogP contribution is 2.27. The molecule has 0 fully saturated rings. The molecule has 2 aromatic carbocycles. The zero-order valence-corrected chi connectivity index (χ0v) is 14.9. The van der Waals surface area contributed by atoms with Crippen molar-refractivity contribution in [3.05, 3.63) is 65.2 Å². The number of nitrogens with one attached hydrogen (secondary N) is 1. The van der Waals surface area contributed by atoms with Crippen LogP contribution < -0.4 is 10.4 Å². The molecule has 1 aliphatic heterocycles. The third-order valence-corrected chi connectivity index (χ3v) is 4.91. The Morgan fingerprint density at radius 1 is 1.19 bits per heavy atom. The van der Waals surface area contributed by atoms with Gasteiger partial charge < -0.3 is 20.1 Å². The van der Waals surface area contributed by atoms with E-state index in [1.165, 1.54) is 0 Å². The minimum Gasteiger partial charge on any atom is -0.550 e. The van der Waals surface area contributed by atoms with Crippen molar-refractivity contribution in [3.8, 4) is 0 Å². The van der Waals surface area contributed by atoms with E-state index >= 15 is 0 Å². The molecule has 1 N–H and O–H groups in total. The number of hydrogen-bond donors (Lipinski definition) is 1. The average Bonchev–Trinajstić information content (AvgIpc) is 2.77. The molecule has 1 atom stereocenters. The van der Waals surface area contributed by atoms with Crippen LogP contribution in [0.15, 0.2) is 48.5 Å². The van der Waals surface area contributed by atoms with Gasteiger partial charge in [0.15, 0.2) is 0 Å². The van der Waals surface area contributed by atoms with Crippen molar-refractivity contribution in [2.24, 2.45) is 5.92 Å². The molecule has 0 bridgehead atoms. The number of fused-ring (bicyclic) bond motifs is 1. The summed E-state index contributed by atoms with van der Waals surface area (Å²) in [5, 5.41) is 14.2. The number of aliphatic carboxylic acids is 1. The van der Waals surface area contributed by atoms with Crippen LogP contribution in [0, 0.1) is 5.92 Å². The van der Waals surface area contributed by atoms with Crippen molar-refractivity contribution < 1.29 is 14.7 Å².